The van der Waals surface area contributed by atoms with Crippen molar-refractivity contribution >= 4 is 39.4 Å². The lowest BCUT2D eigenvalue weighted by Crippen LogP contribution is -2.25. The Hall–Kier alpha value is -2.79. The standard InChI is InChI=1S/C14H13N5O4S2/c1-21-9-6-4-8(5-7-9)19(12-16-18-14(23-3)25-12)11(20)10-15-17-13(22-2)24-10/h4-7H,1-3H3. The number of carbonyl (C=O) groups excluding carboxylic acids is 1. The van der Waals surface area contributed by atoms with E-state index in [4.69, 9.17) is 14.2 Å². The molecule has 0 saturated carbocycles. The Morgan fingerprint density at radius 1 is 0.880 bits per heavy atom. The Kier molecular flexibility index (Phi) is 5.05. The summed E-state index contributed by atoms with van der Waals surface area (Å²) in [5, 5.41) is 16.7. The molecule has 25 heavy (non-hydrogen) atoms. The lowest BCUT2D eigenvalue weighted by Gasteiger charge is -2.18. The Morgan fingerprint density at radius 2 is 1.52 bits per heavy atom. The Labute approximate surface area is 150 Å². The van der Waals surface area contributed by atoms with Crippen LogP contribution >= 0.6 is 22.7 Å². The van der Waals surface area contributed by atoms with E-state index in [-0.39, 0.29) is 5.01 Å². The lowest BCUT2D eigenvalue weighted by atomic mass is 10.3. The van der Waals surface area contributed by atoms with Gasteiger partial charge in [0.05, 0.1) is 27.0 Å². The number of carbonyl (C=O) groups is 1. The minimum absolute atomic E-state index is 0.168. The summed E-state index contributed by atoms with van der Waals surface area (Å²) in [7, 11) is 4.52. The molecule has 2 aromatic heterocycles. The van der Waals surface area contributed by atoms with Gasteiger partial charge in [0.15, 0.2) is 0 Å². The van der Waals surface area contributed by atoms with Crippen LogP contribution in [0.4, 0.5) is 10.8 Å². The van der Waals surface area contributed by atoms with Crippen LogP contribution in [0.5, 0.6) is 16.1 Å². The number of amides is 1. The van der Waals surface area contributed by atoms with Gasteiger partial charge in [-0.3, -0.25) is 4.79 Å². The zero-order valence-corrected chi connectivity index (χ0v) is 15.1. The Morgan fingerprint density at radius 3 is 2.08 bits per heavy atom. The number of nitrogens with zero attached hydrogens (tertiary/aromatic N) is 5. The van der Waals surface area contributed by atoms with E-state index in [0.29, 0.717) is 27.0 Å². The number of benzene rings is 1. The predicted molar refractivity (Wildman–Crippen MR) is 92.4 cm³/mol. The van der Waals surface area contributed by atoms with Crippen LogP contribution in [-0.2, 0) is 0 Å². The smallest absolute Gasteiger partial charge is 0.295 e. The van der Waals surface area contributed by atoms with Crippen molar-refractivity contribution in [1.29, 1.82) is 0 Å². The zero-order chi connectivity index (χ0) is 17.8. The summed E-state index contributed by atoms with van der Waals surface area (Å²) >= 11 is 2.18. The molecule has 0 unspecified atom stereocenters. The molecule has 3 aromatic rings. The van der Waals surface area contributed by atoms with Crippen LogP contribution < -0.4 is 19.1 Å². The maximum absolute atomic E-state index is 13.0. The van der Waals surface area contributed by atoms with Crippen molar-refractivity contribution in [1.82, 2.24) is 20.4 Å². The summed E-state index contributed by atoms with van der Waals surface area (Å²) in [5.74, 6) is 0.272. The van der Waals surface area contributed by atoms with E-state index in [1.54, 1.807) is 31.4 Å². The first kappa shape index (κ1) is 17.0. The molecule has 0 aliphatic carbocycles. The highest BCUT2D eigenvalue weighted by Gasteiger charge is 2.27. The summed E-state index contributed by atoms with van der Waals surface area (Å²) in [6.45, 7) is 0. The number of hydrogen-bond acceptors (Lipinski definition) is 10. The van der Waals surface area contributed by atoms with Gasteiger partial charge in [0.2, 0.25) is 10.1 Å². The number of aromatic nitrogens is 4. The molecule has 2 heterocycles. The second-order valence-electron chi connectivity index (χ2n) is 4.47. The van der Waals surface area contributed by atoms with Gasteiger partial charge in [-0.05, 0) is 46.9 Å². The van der Waals surface area contributed by atoms with Crippen LogP contribution in [-0.4, -0.2) is 47.6 Å². The maximum Gasteiger partial charge on any atom is 0.295 e. The quantitative estimate of drug-likeness (QED) is 0.644. The number of rotatable bonds is 6. The SMILES string of the molecule is COc1ccc(N(C(=O)c2nnc(OC)s2)c2nnc(OC)s2)cc1. The molecule has 0 radical (unpaired) electrons. The monoisotopic (exact) mass is 379 g/mol. The Bertz CT molecular complexity index is 864. The minimum Gasteiger partial charge on any atom is -0.497 e. The number of hydrogen-bond donors (Lipinski definition) is 0. The second kappa shape index (κ2) is 7.40. The molecule has 9 nitrogen and oxygen atoms in total. The highest BCUT2D eigenvalue weighted by atomic mass is 32.1. The van der Waals surface area contributed by atoms with Crippen LogP contribution in [0, 0.1) is 0 Å². The summed E-state index contributed by atoms with van der Waals surface area (Å²) in [6.07, 6.45) is 0. The van der Waals surface area contributed by atoms with Crippen molar-refractivity contribution in [2.45, 2.75) is 0 Å². The molecule has 1 amide bonds. The van der Waals surface area contributed by atoms with E-state index in [2.05, 4.69) is 20.4 Å². The molecular weight excluding hydrogens is 366 g/mol. The normalized spacial score (nSPS) is 10.4. The lowest BCUT2D eigenvalue weighted by molar-refractivity contribution is 0.0998. The van der Waals surface area contributed by atoms with Crippen molar-refractivity contribution in [3.63, 3.8) is 0 Å². The van der Waals surface area contributed by atoms with Gasteiger partial charge in [-0.2, -0.15) is 0 Å². The van der Waals surface area contributed by atoms with Gasteiger partial charge in [-0.1, -0.05) is 10.2 Å². The molecule has 3 rings (SSSR count). The van der Waals surface area contributed by atoms with Gasteiger partial charge in [0.25, 0.3) is 16.3 Å². The van der Waals surface area contributed by atoms with E-state index in [0.717, 1.165) is 22.7 Å². The summed E-state index contributed by atoms with van der Waals surface area (Å²) in [6, 6.07) is 6.97. The van der Waals surface area contributed by atoms with Gasteiger partial charge in [0, 0.05) is 0 Å². The topological polar surface area (TPSA) is 99.6 Å². The summed E-state index contributed by atoms with van der Waals surface area (Å²) in [5.41, 5.74) is 0.582. The molecule has 0 fully saturated rings. The molecule has 0 aliphatic heterocycles. The van der Waals surface area contributed by atoms with Gasteiger partial charge in [-0.25, -0.2) is 4.90 Å². The molecule has 130 valence electrons. The van der Waals surface area contributed by atoms with Gasteiger partial charge in [0.1, 0.15) is 5.75 Å². The minimum atomic E-state index is -0.398. The first-order chi connectivity index (χ1) is 12.2. The molecule has 1 aromatic carbocycles. The average Bonchev–Trinajstić information content (AvgIpc) is 3.32. The first-order valence-corrected chi connectivity index (χ1v) is 8.53. The van der Waals surface area contributed by atoms with Gasteiger partial charge < -0.3 is 14.2 Å². The van der Waals surface area contributed by atoms with Gasteiger partial charge in [-0.15, -0.1) is 10.2 Å². The van der Waals surface area contributed by atoms with E-state index >= 15 is 0 Å². The molecule has 0 aliphatic rings. The highest BCUT2D eigenvalue weighted by molar-refractivity contribution is 7.17. The summed E-state index contributed by atoms with van der Waals surface area (Å²) < 4.78 is 15.2. The Balaban J connectivity index is 2.02. The predicted octanol–water partition coefficient (Wildman–Crippen LogP) is 2.39. The molecule has 11 heteroatoms. The van der Waals surface area contributed by atoms with Crippen molar-refractivity contribution in [3.8, 4) is 16.1 Å². The number of ether oxygens (including phenoxy) is 3. The van der Waals surface area contributed by atoms with Crippen molar-refractivity contribution in [2.75, 3.05) is 26.2 Å². The fourth-order valence-electron chi connectivity index (χ4n) is 1.90. The largest absolute Gasteiger partial charge is 0.497 e. The number of anilines is 2. The highest BCUT2D eigenvalue weighted by Crippen LogP contribution is 2.34. The third-order valence-electron chi connectivity index (χ3n) is 3.06. The second-order valence-corrected chi connectivity index (χ2v) is 6.33. The van der Waals surface area contributed by atoms with Crippen LogP contribution in [0.15, 0.2) is 24.3 Å². The molecule has 0 N–H and O–H groups in total. The maximum atomic E-state index is 13.0. The first-order valence-electron chi connectivity index (χ1n) is 6.89. The molecule has 0 saturated heterocycles. The third kappa shape index (κ3) is 3.51. The van der Waals surface area contributed by atoms with Crippen molar-refractivity contribution in [2.24, 2.45) is 0 Å². The molecular formula is C14H13N5O4S2. The zero-order valence-electron chi connectivity index (χ0n) is 13.5. The molecule has 0 atom stereocenters. The fourth-order valence-corrected chi connectivity index (χ4v) is 3.17. The summed E-state index contributed by atoms with van der Waals surface area (Å²) in [4.78, 5) is 14.4. The average molecular weight is 379 g/mol. The van der Waals surface area contributed by atoms with E-state index in [1.165, 1.54) is 19.1 Å². The van der Waals surface area contributed by atoms with Crippen LogP contribution in [0.2, 0.25) is 0 Å². The van der Waals surface area contributed by atoms with Crippen LogP contribution in [0.25, 0.3) is 0 Å². The van der Waals surface area contributed by atoms with E-state index < -0.39 is 5.91 Å². The van der Waals surface area contributed by atoms with E-state index in [1.807, 2.05) is 0 Å². The third-order valence-corrected chi connectivity index (χ3v) is 4.80. The molecule has 0 spiro atoms. The number of methoxy groups -OCH3 is 3. The van der Waals surface area contributed by atoms with Crippen molar-refractivity contribution < 1.29 is 19.0 Å². The van der Waals surface area contributed by atoms with E-state index in [9.17, 15) is 4.79 Å². The van der Waals surface area contributed by atoms with Crippen LogP contribution in [0.1, 0.15) is 9.80 Å². The van der Waals surface area contributed by atoms with Gasteiger partial charge >= 0.3 is 0 Å². The molecule has 0 bridgehead atoms. The fraction of sp³-hybridized carbons (Fsp3) is 0.214. The van der Waals surface area contributed by atoms with Crippen molar-refractivity contribution in [3.05, 3.63) is 29.3 Å². The van der Waals surface area contributed by atoms with Crippen LogP contribution in [0.3, 0.4) is 0 Å².